The smallest absolute Gasteiger partial charge is 0.127 e. The molecule has 0 fully saturated rings. The molecule has 0 amide bonds. The molecule has 5 heteroatoms. The Morgan fingerprint density at radius 1 is 1.50 bits per heavy atom. The molecule has 0 saturated carbocycles. The molecule has 1 N–H and O–H groups in total. The Morgan fingerprint density at radius 2 is 2.25 bits per heavy atom. The molecule has 0 aliphatic rings. The summed E-state index contributed by atoms with van der Waals surface area (Å²) in [6.07, 6.45) is 3.07. The molecule has 1 atom stereocenters. The minimum Gasteiger partial charge on any atom is -0.389 e. The minimum absolute atomic E-state index is 0.580. The summed E-state index contributed by atoms with van der Waals surface area (Å²) < 4.78 is 1.95. The van der Waals surface area contributed by atoms with E-state index in [-0.39, 0.29) is 0 Å². The van der Waals surface area contributed by atoms with Gasteiger partial charge in [0.05, 0.1) is 24.3 Å². The van der Waals surface area contributed by atoms with Crippen molar-refractivity contribution in [1.29, 1.82) is 5.26 Å². The number of nitrogens with zero attached hydrogens (tertiary/aromatic N) is 4. The Bertz CT molecular complexity index is 640. The lowest BCUT2D eigenvalue weighted by Gasteiger charge is -2.23. The second-order valence-corrected chi connectivity index (χ2v) is 4.87. The van der Waals surface area contributed by atoms with Crippen LogP contribution >= 0.6 is 0 Å². The van der Waals surface area contributed by atoms with Crippen molar-refractivity contribution in [1.82, 2.24) is 9.55 Å². The van der Waals surface area contributed by atoms with E-state index in [1.165, 1.54) is 0 Å². The van der Waals surface area contributed by atoms with Gasteiger partial charge in [0, 0.05) is 37.7 Å². The van der Waals surface area contributed by atoms with Crippen LogP contribution < -0.4 is 4.90 Å². The number of nitriles is 1. The number of benzene rings is 1. The summed E-state index contributed by atoms with van der Waals surface area (Å²) in [5.41, 5.74) is 2.24. The second-order valence-electron chi connectivity index (χ2n) is 4.87. The van der Waals surface area contributed by atoms with Gasteiger partial charge in [-0.1, -0.05) is 6.07 Å². The number of aliphatic hydroxyl groups is 1. The Balaban J connectivity index is 2.35. The van der Waals surface area contributed by atoms with Crippen LogP contribution in [0.3, 0.4) is 0 Å². The molecule has 0 saturated heterocycles. The summed E-state index contributed by atoms with van der Waals surface area (Å²) in [4.78, 5) is 6.28. The van der Waals surface area contributed by atoms with Gasteiger partial charge >= 0.3 is 0 Å². The molecule has 0 aliphatic carbocycles. The first-order valence-corrected chi connectivity index (χ1v) is 6.42. The van der Waals surface area contributed by atoms with E-state index in [0.29, 0.717) is 12.1 Å². The molecule has 1 heterocycles. The number of imidazole rings is 1. The van der Waals surface area contributed by atoms with Crippen molar-refractivity contribution >= 4 is 5.69 Å². The van der Waals surface area contributed by atoms with Crippen LogP contribution in [0.1, 0.15) is 30.0 Å². The zero-order valence-electron chi connectivity index (χ0n) is 11.9. The van der Waals surface area contributed by atoms with Gasteiger partial charge in [-0.05, 0) is 19.1 Å². The molecular weight excluding hydrogens is 252 g/mol. The predicted octanol–water partition coefficient (Wildman–Crippen LogP) is 1.98. The molecule has 0 bridgehead atoms. The quantitative estimate of drug-likeness (QED) is 0.922. The van der Waals surface area contributed by atoms with E-state index in [0.717, 1.165) is 17.1 Å². The fraction of sp³-hybridized carbons (Fsp3) is 0.333. The van der Waals surface area contributed by atoms with Crippen LogP contribution in [0.15, 0.2) is 30.6 Å². The van der Waals surface area contributed by atoms with Gasteiger partial charge in [0.25, 0.3) is 0 Å². The number of rotatable bonds is 4. The monoisotopic (exact) mass is 270 g/mol. The molecule has 0 unspecified atom stereocenters. The van der Waals surface area contributed by atoms with Crippen LogP contribution in [0.2, 0.25) is 0 Å². The standard InChI is InChI=1S/C15H18N4O/c1-11(20)13-5-4-12(9-16)8-14(13)19(3)10-15-17-6-7-18(15)2/h4-8,11,20H,10H2,1-3H3/t11-/m0/s1. The molecular formula is C15H18N4O. The van der Waals surface area contributed by atoms with Crippen molar-refractivity contribution in [3.05, 3.63) is 47.5 Å². The first kappa shape index (κ1) is 14.1. The number of aliphatic hydroxyl groups excluding tert-OH is 1. The summed E-state index contributed by atoms with van der Waals surface area (Å²) in [6.45, 7) is 2.33. The summed E-state index contributed by atoms with van der Waals surface area (Å²) in [6, 6.07) is 7.45. The molecule has 2 aromatic rings. The van der Waals surface area contributed by atoms with Gasteiger partial charge < -0.3 is 14.6 Å². The highest BCUT2D eigenvalue weighted by molar-refractivity contribution is 5.58. The number of anilines is 1. The van der Waals surface area contributed by atoms with Gasteiger partial charge in [-0.15, -0.1) is 0 Å². The maximum Gasteiger partial charge on any atom is 0.127 e. The van der Waals surface area contributed by atoms with Gasteiger partial charge in [0.2, 0.25) is 0 Å². The van der Waals surface area contributed by atoms with Crippen LogP contribution in [0.25, 0.3) is 0 Å². The zero-order chi connectivity index (χ0) is 14.7. The number of aryl methyl sites for hydroxylation is 1. The largest absolute Gasteiger partial charge is 0.389 e. The Kier molecular flexibility index (Phi) is 4.06. The molecule has 2 rings (SSSR count). The van der Waals surface area contributed by atoms with Crippen LogP contribution in [0.4, 0.5) is 5.69 Å². The second kappa shape index (κ2) is 5.76. The van der Waals surface area contributed by atoms with Crippen molar-refractivity contribution < 1.29 is 5.11 Å². The molecule has 1 aromatic carbocycles. The Hall–Kier alpha value is -2.32. The summed E-state index contributed by atoms with van der Waals surface area (Å²) in [7, 11) is 3.87. The molecule has 1 aromatic heterocycles. The van der Waals surface area contributed by atoms with Gasteiger partial charge in [0.1, 0.15) is 5.82 Å². The van der Waals surface area contributed by atoms with Crippen molar-refractivity contribution in [3.8, 4) is 6.07 Å². The van der Waals surface area contributed by atoms with E-state index in [9.17, 15) is 5.11 Å². The summed E-state index contributed by atoms with van der Waals surface area (Å²) >= 11 is 0. The predicted molar refractivity (Wildman–Crippen MR) is 77.1 cm³/mol. The molecule has 20 heavy (non-hydrogen) atoms. The maximum atomic E-state index is 9.87. The van der Waals surface area contributed by atoms with E-state index in [4.69, 9.17) is 5.26 Å². The van der Waals surface area contributed by atoms with Gasteiger partial charge in [0.15, 0.2) is 0 Å². The van der Waals surface area contributed by atoms with Crippen LogP contribution in [-0.4, -0.2) is 21.7 Å². The van der Waals surface area contributed by atoms with E-state index < -0.39 is 6.10 Å². The normalized spacial score (nSPS) is 11.9. The Morgan fingerprint density at radius 3 is 2.80 bits per heavy atom. The SMILES string of the molecule is C[C@H](O)c1ccc(C#N)cc1N(C)Cc1nccn1C. The third-order valence-corrected chi connectivity index (χ3v) is 3.32. The average Bonchev–Trinajstić information content (AvgIpc) is 2.83. The van der Waals surface area contributed by atoms with E-state index >= 15 is 0 Å². The molecule has 0 radical (unpaired) electrons. The molecule has 104 valence electrons. The van der Waals surface area contributed by atoms with Gasteiger partial charge in [-0.3, -0.25) is 0 Å². The fourth-order valence-electron chi connectivity index (χ4n) is 2.14. The Labute approximate surface area is 118 Å². The molecule has 5 nitrogen and oxygen atoms in total. The maximum absolute atomic E-state index is 9.87. The average molecular weight is 270 g/mol. The highest BCUT2D eigenvalue weighted by Crippen LogP contribution is 2.27. The number of hydrogen-bond acceptors (Lipinski definition) is 4. The zero-order valence-corrected chi connectivity index (χ0v) is 11.9. The highest BCUT2D eigenvalue weighted by atomic mass is 16.3. The van der Waals surface area contributed by atoms with Crippen molar-refractivity contribution in [3.63, 3.8) is 0 Å². The topological polar surface area (TPSA) is 65.1 Å². The van der Waals surface area contributed by atoms with E-state index in [1.54, 1.807) is 31.3 Å². The first-order chi connectivity index (χ1) is 9.52. The number of hydrogen-bond donors (Lipinski definition) is 1. The first-order valence-electron chi connectivity index (χ1n) is 6.42. The molecule has 0 aliphatic heterocycles. The third-order valence-electron chi connectivity index (χ3n) is 3.32. The lowest BCUT2D eigenvalue weighted by Crippen LogP contribution is -2.21. The van der Waals surface area contributed by atoms with Gasteiger partial charge in [-0.2, -0.15) is 5.26 Å². The number of aromatic nitrogens is 2. The highest BCUT2D eigenvalue weighted by Gasteiger charge is 2.14. The lowest BCUT2D eigenvalue weighted by molar-refractivity contribution is 0.199. The van der Waals surface area contributed by atoms with Gasteiger partial charge in [-0.25, -0.2) is 4.98 Å². The summed E-state index contributed by atoms with van der Waals surface area (Å²) in [5, 5.41) is 18.9. The van der Waals surface area contributed by atoms with E-state index in [2.05, 4.69) is 11.1 Å². The van der Waals surface area contributed by atoms with Crippen molar-refractivity contribution in [2.45, 2.75) is 19.6 Å². The third kappa shape index (κ3) is 2.81. The summed E-state index contributed by atoms with van der Waals surface area (Å²) in [5.74, 6) is 0.923. The van der Waals surface area contributed by atoms with Crippen LogP contribution in [-0.2, 0) is 13.6 Å². The molecule has 0 spiro atoms. The van der Waals surface area contributed by atoms with Crippen LogP contribution in [0.5, 0.6) is 0 Å². The minimum atomic E-state index is -0.582. The fourth-order valence-corrected chi connectivity index (χ4v) is 2.14. The van der Waals surface area contributed by atoms with Crippen molar-refractivity contribution in [2.24, 2.45) is 7.05 Å². The van der Waals surface area contributed by atoms with Crippen LogP contribution in [0, 0.1) is 11.3 Å². The van der Waals surface area contributed by atoms with E-state index in [1.807, 2.05) is 29.8 Å². The van der Waals surface area contributed by atoms with Crippen molar-refractivity contribution in [2.75, 3.05) is 11.9 Å². The lowest BCUT2D eigenvalue weighted by atomic mass is 10.0.